The van der Waals surface area contributed by atoms with Crippen LogP contribution >= 0.6 is 11.6 Å². The summed E-state index contributed by atoms with van der Waals surface area (Å²) in [6, 6.07) is 10.8. The number of rotatable bonds is 3. The number of ether oxygens (including phenoxy) is 1. The normalized spacial score (nSPS) is 14.5. The molecule has 126 valence electrons. The number of halogens is 1. The first-order valence-corrected chi connectivity index (χ1v) is 8.23. The number of carbonyl (C=O) groups excluding carboxylic acids is 1. The third-order valence-corrected chi connectivity index (χ3v) is 4.42. The molecule has 1 saturated heterocycles. The largest absolute Gasteiger partial charge is 0.397 e. The molecular weight excluding hydrogens is 326 g/mol. The van der Waals surface area contributed by atoms with Crippen LogP contribution < -0.4 is 16.0 Å². The van der Waals surface area contributed by atoms with Crippen molar-refractivity contribution in [3.63, 3.8) is 0 Å². The Bertz CT molecular complexity index is 758. The topological polar surface area (TPSA) is 67.6 Å². The Kier molecular flexibility index (Phi) is 4.92. The van der Waals surface area contributed by atoms with Gasteiger partial charge in [0.1, 0.15) is 0 Å². The number of anilines is 3. The third-order valence-electron chi connectivity index (χ3n) is 4.09. The van der Waals surface area contributed by atoms with Crippen LogP contribution in [-0.4, -0.2) is 32.2 Å². The lowest BCUT2D eigenvalue weighted by Crippen LogP contribution is -2.36. The van der Waals surface area contributed by atoms with Crippen molar-refractivity contribution in [1.29, 1.82) is 0 Å². The van der Waals surface area contributed by atoms with Crippen molar-refractivity contribution in [1.82, 2.24) is 0 Å². The van der Waals surface area contributed by atoms with Crippen molar-refractivity contribution in [2.45, 2.75) is 6.92 Å². The lowest BCUT2D eigenvalue weighted by molar-refractivity contribution is 0.102. The average molecular weight is 346 g/mol. The van der Waals surface area contributed by atoms with E-state index in [1.165, 1.54) is 0 Å². The van der Waals surface area contributed by atoms with Gasteiger partial charge in [0.15, 0.2) is 0 Å². The van der Waals surface area contributed by atoms with Crippen LogP contribution in [0.4, 0.5) is 17.1 Å². The van der Waals surface area contributed by atoms with E-state index in [9.17, 15) is 4.79 Å². The summed E-state index contributed by atoms with van der Waals surface area (Å²) < 4.78 is 5.38. The van der Waals surface area contributed by atoms with E-state index in [0.717, 1.165) is 30.0 Å². The predicted octanol–water partition coefficient (Wildman–Crippen LogP) is 3.32. The molecule has 0 atom stereocenters. The number of morpholine rings is 1. The van der Waals surface area contributed by atoms with Crippen molar-refractivity contribution in [2.75, 3.05) is 42.3 Å². The highest BCUT2D eigenvalue weighted by molar-refractivity contribution is 6.34. The standard InChI is InChI=1S/C18H20ClN3O2/c1-12-10-15(20)17(22-6-8-24-9-7-22)11-16(12)21-18(23)13-4-2-3-5-14(13)19/h2-5,10-11H,6-9,20H2,1H3,(H,21,23). The Balaban J connectivity index is 1.87. The molecule has 0 radical (unpaired) electrons. The summed E-state index contributed by atoms with van der Waals surface area (Å²) in [6.07, 6.45) is 0. The second-order valence-corrected chi connectivity index (χ2v) is 6.17. The van der Waals surface area contributed by atoms with E-state index >= 15 is 0 Å². The van der Waals surface area contributed by atoms with Crippen molar-refractivity contribution >= 4 is 34.6 Å². The maximum absolute atomic E-state index is 12.5. The van der Waals surface area contributed by atoms with Crippen LogP contribution in [-0.2, 0) is 4.74 Å². The van der Waals surface area contributed by atoms with Gasteiger partial charge in [-0.2, -0.15) is 0 Å². The molecule has 1 aliphatic rings. The molecule has 0 unspecified atom stereocenters. The maximum Gasteiger partial charge on any atom is 0.257 e. The maximum atomic E-state index is 12.5. The minimum Gasteiger partial charge on any atom is -0.397 e. The van der Waals surface area contributed by atoms with Gasteiger partial charge in [0.05, 0.1) is 35.2 Å². The van der Waals surface area contributed by atoms with Crippen molar-refractivity contribution < 1.29 is 9.53 Å². The summed E-state index contributed by atoms with van der Waals surface area (Å²) >= 11 is 6.10. The van der Waals surface area contributed by atoms with Gasteiger partial charge in [-0.05, 0) is 36.8 Å². The Morgan fingerprint density at radius 2 is 1.96 bits per heavy atom. The summed E-state index contributed by atoms with van der Waals surface area (Å²) in [6.45, 7) is 4.83. The van der Waals surface area contributed by atoms with Crippen LogP contribution in [0.25, 0.3) is 0 Å². The number of benzene rings is 2. The fraction of sp³-hybridized carbons (Fsp3) is 0.278. The first kappa shape index (κ1) is 16.6. The Morgan fingerprint density at radius 1 is 1.25 bits per heavy atom. The second kappa shape index (κ2) is 7.11. The van der Waals surface area contributed by atoms with Gasteiger partial charge in [-0.15, -0.1) is 0 Å². The molecule has 1 aliphatic heterocycles. The van der Waals surface area contributed by atoms with E-state index in [2.05, 4.69) is 10.2 Å². The van der Waals surface area contributed by atoms with Gasteiger partial charge in [0.25, 0.3) is 5.91 Å². The van der Waals surface area contributed by atoms with Crippen molar-refractivity contribution in [3.05, 3.63) is 52.5 Å². The minimum atomic E-state index is -0.235. The van der Waals surface area contributed by atoms with Crippen molar-refractivity contribution in [2.24, 2.45) is 0 Å². The SMILES string of the molecule is Cc1cc(N)c(N2CCOCC2)cc1NC(=O)c1ccccc1Cl. The van der Waals surface area contributed by atoms with Gasteiger partial charge >= 0.3 is 0 Å². The van der Waals surface area contributed by atoms with E-state index in [0.29, 0.717) is 29.5 Å². The fourth-order valence-corrected chi connectivity index (χ4v) is 2.99. The number of hydrogen-bond acceptors (Lipinski definition) is 4. The first-order chi connectivity index (χ1) is 11.6. The highest BCUT2D eigenvalue weighted by Gasteiger charge is 2.17. The van der Waals surface area contributed by atoms with E-state index in [-0.39, 0.29) is 5.91 Å². The van der Waals surface area contributed by atoms with Crippen molar-refractivity contribution in [3.8, 4) is 0 Å². The number of hydrogen-bond donors (Lipinski definition) is 2. The Hall–Kier alpha value is -2.24. The highest BCUT2D eigenvalue weighted by atomic mass is 35.5. The molecule has 1 heterocycles. The zero-order valence-electron chi connectivity index (χ0n) is 13.5. The smallest absolute Gasteiger partial charge is 0.257 e. The number of nitrogens with one attached hydrogen (secondary N) is 1. The highest BCUT2D eigenvalue weighted by Crippen LogP contribution is 2.31. The molecule has 6 heteroatoms. The molecule has 1 amide bonds. The molecule has 5 nitrogen and oxygen atoms in total. The van der Waals surface area contributed by atoms with Crippen LogP contribution in [0.3, 0.4) is 0 Å². The monoisotopic (exact) mass is 345 g/mol. The number of nitrogens with two attached hydrogens (primary N) is 1. The number of carbonyl (C=O) groups is 1. The van der Waals surface area contributed by atoms with Gasteiger partial charge in [0, 0.05) is 18.8 Å². The summed E-state index contributed by atoms with van der Waals surface area (Å²) in [7, 11) is 0. The van der Waals surface area contributed by atoms with Crippen LogP contribution in [0.1, 0.15) is 15.9 Å². The summed E-state index contributed by atoms with van der Waals surface area (Å²) in [5.74, 6) is -0.235. The minimum absolute atomic E-state index is 0.235. The van der Waals surface area contributed by atoms with Gasteiger partial charge in [-0.25, -0.2) is 0 Å². The molecule has 2 aromatic rings. The van der Waals surface area contributed by atoms with Gasteiger partial charge < -0.3 is 20.7 Å². The fourth-order valence-electron chi connectivity index (χ4n) is 2.77. The number of nitrogen functional groups attached to an aromatic ring is 1. The van der Waals surface area contributed by atoms with Crippen LogP contribution in [0.5, 0.6) is 0 Å². The first-order valence-electron chi connectivity index (χ1n) is 7.85. The summed E-state index contributed by atoms with van der Waals surface area (Å²) in [4.78, 5) is 14.7. The van der Waals surface area contributed by atoms with Gasteiger partial charge in [-0.1, -0.05) is 23.7 Å². The third kappa shape index (κ3) is 3.47. The van der Waals surface area contributed by atoms with Crippen LogP contribution in [0.15, 0.2) is 36.4 Å². The summed E-state index contributed by atoms with van der Waals surface area (Å²) in [5.41, 5.74) is 9.87. The van der Waals surface area contributed by atoms with Gasteiger partial charge in [-0.3, -0.25) is 4.79 Å². The quantitative estimate of drug-likeness (QED) is 0.837. The van der Waals surface area contributed by atoms with Gasteiger partial charge in [0.2, 0.25) is 0 Å². The van der Waals surface area contributed by atoms with E-state index in [1.54, 1.807) is 24.3 Å². The van der Waals surface area contributed by atoms with E-state index < -0.39 is 0 Å². The lowest BCUT2D eigenvalue weighted by Gasteiger charge is -2.30. The molecule has 24 heavy (non-hydrogen) atoms. The number of nitrogens with zero attached hydrogens (tertiary/aromatic N) is 1. The predicted molar refractivity (Wildman–Crippen MR) is 98.0 cm³/mol. The number of amides is 1. The molecule has 0 aromatic heterocycles. The molecule has 0 aliphatic carbocycles. The second-order valence-electron chi connectivity index (χ2n) is 5.76. The molecule has 0 spiro atoms. The van der Waals surface area contributed by atoms with E-state index in [1.807, 2.05) is 19.1 Å². The Morgan fingerprint density at radius 3 is 2.67 bits per heavy atom. The molecule has 0 saturated carbocycles. The average Bonchev–Trinajstić information content (AvgIpc) is 2.58. The molecule has 3 rings (SSSR count). The zero-order valence-corrected chi connectivity index (χ0v) is 14.3. The number of aryl methyl sites for hydroxylation is 1. The van der Waals surface area contributed by atoms with Crippen LogP contribution in [0.2, 0.25) is 5.02 Å². The van der Waals surface area contributed by atoms with E-state index in [4.69, 9.17) is 22.1 Å². The van der Waals surface area contributed by atoms with Crippen LogP contribution in [0, 0.1) is 6.92 Å². The molecule has 1 fully saturated rings. The molecule has 0 bridgehead atoms. The summed E-state index contributed by atoms with van der Waals surface area (Å²) in [5, 5.41) is 3.36. The molecule has 2 aromatic carbocycles. The Labute approximate surface area is 146 Å². The lowest BCUT2D eigenvalue weighted by atomic mass is 10.1. The zero-order chi connectivity index (χ0) is 17.1. The molecule has 3 N–H and O–H groups in total. The molecular formula is C18H20ClN3O2.